The lowest BCUT2D eigenvalue weighted by atomic mass is 9.83. The van der Waals surface area contributed by atoms with Crippen molar-refractivity contribution >= 4 is 0 Å². The molecule has 10 heavy (non-hydrogen) atoms. The Morgan fingerprint density at radius 2 is 1.30 bits per heavy atom. The first kappa shape index (κ1) is 8.06. The van der Waals surface area contributed by atoms with Gasteiger partial charge in [-0.05, 0) is 34.1 Å². The quantitative estimate of drug-likeness (QED) is 0.519. The van der Waals surface area contributed by atoms with Gasteiger partial charge in [0.2, 0.25) is 0 Å². The summed E-state index contributed by atoms with van der Waals surface area (Å²) >= 11 is 0. The van der Waals surface area contributed by atoms with E-state index in [1.807, 2.05) is 0 Å². The summed E-state index contributed by atoms with van der Waals surface area (Å²) in [7, 11) is 0. The average Bonchev–Trinajstić information content (AvgIpc) is 1.56. The SMILES string of the molecule is CC1(C)CCCC(C)(C)[NH+]1. The van der Waals surface area contributed by atoms with Gasteiger partial charge in [-0.2, -0.15) is 5.32 Å². The van der Waals surface area contributed by atoms with Crippen LogP contribution < -0.4 is 5.32 Å². The lowest BCUT2D eigenvalue weighted by Crippen LogP contribution is -3.04. The third-order valence-corrected chi connectivity index (χ3v) is 2.28. The van der Waals surface area contributed by atoms with Gasteiger partial charge in [0.25, 0.3) is 0 Å². The van der Waals surface area contributed by atoms with Crippen LogP contribution in [0, 0.1) is 0 Å². The zero-order valence-corrected chi connectivity index (χ0v) is 7.62. The molecule has 0 aliphatic carbocycles. The van der Waals surface area contributed by atoms with Gasteiger partial charge in [0, 0.05) is 12.8 Å². The molecular formula is C9H19N+. The Balaban J connectivity index is 2.56. The van der Waals surface area contributed by atoms with Crippen LogP contribution in [0.1, 0.15) is 47.0 Å². The van der Waals surface area contributed by atoms with Gasteiger partial charge in [0.05, 0.1) is 0 Å². The molecule has 0 aromatic rings. The molecule has 0 spiro atoms. The summed E-state index contributed by atoms with van der Waals surface area (Å²) in [5.41, 5.74) is 0.726. The summed E-state index contributed by atoms with van der Waals surface area (Å²) in [6, 6.07) is 0. The molecule has 1 aliphatic rings. The van der Waals surface area contributed by atoms with Crippen molar-refractivity contribution in [3.05, 3.63) is 0 Å². The van der Waals surface area contributed by atoms with Crippen LogP contribution in [-0.2, 0) is 0 Å². The Morgan fingerprint density at radius 3 is 1.50 bits per heavy atom. The fourth-order valence-corrected chi connectivity index (χ4v) is 2.01. The van der Waals surface area contributed by atoms with Crippen molar-refractivity contribution in [2.75, 3.05) is 0 Å². The van der Waals surface area contributed by atoms with Crippen LogP contribution >= 0.6 is 0 Å². The summed E-state index contributed by atoms with van der Waals surface area (Å²) in [6.45, 7) is 9.14. The summed E-state index contributed by atoms with van der Waals surface area (Å²) < 4.78 is 0. The molecule has 0 unspecified atom stereocenters. The molecule has 1 fully saturated rings. The number of hydrogen-bond acceptors (Lipinski definition) is 1. The van der Waals surface area contributed by atoms with Crippen molar-refractivity contribution in [2.45, 2.75) is 58.0 Å². The Bertz CT molecular complexity index is 111. The smallest absolute Gasteiger partial charge is 0.135 e. The standard InChI is InChI=1S/C9H19N/c1-8(2)6-5-7-9(3,4)10-8/h10H,5-7H2,1-4H3/q+1. The second-order valence-electron chi connectivity index (χ2n) is 4.75. The molecule has 0 bridgehead atoms. The van der Waals surface area contributed by atoms with Gasteiger partial charge in [0.1, 0.15) is 11.1 Å². The van der Waals surface area contributed by atoms with Crippen LogP contribution in [0.5, 0.6) is 0 Å². The van der Waals surface area contributed by atoms with Gasteiger partial charge < -0.3 is 0 Å². The lowest BCUT2D eigenvalue weighted by molar-refractivity contribution is -0.787. The summed E-state index contributed by atoms with van der Waals surface area (Å²) in [6.07, 6.45) is 4.00. The summed E-state index contributed by atoms with van der Waals surface area (Å²) in [4.78, 5) is 0. The highest BCUT2D eigenvalue weighted by Crippen LogP contribution is 2.20. The first-order valence-electron chi connectivity index (χ1n) is 4.21. The maximum absolute atomic E-state index is 3.63. The van der Waals surface area contributed by atoms with E-state index in [4.69, 9.17) is 0 Å². The van der Waals surface area contributed by atoms with E-state index < -0.39 is 0 Å². The molecule has 59 valence electrons. The van der Waals surface area contributed by atoms with E-state index in [1.165, 1.54) is 19.3 Å². The number of hydrogen-bond donors (Lipinski definition) is 1. The fraction of sp³-hybridized carbons (Fsp3) is 1.00. The van der Waals surface area contributed by atoms with Crippen molar-refractivity contribution < 1.29 is 5.32 Å². The Kier molecular flexibility index (Phi) is 1.80. The molecule has 1 rings (SSSR count). The number of nitrogens with one attached hydrogen (secondary N) is 1. The van der Waals surface area contributed by atoms with Gasteiger partial charge >= 0.3 is 0 Å². The van der Waals surface area contributed by atoms with Gasteiger partial charge in [-0.3, -0.25) is 0 Å². The number of rotatable bonds is 0. The van der Waals surface area contributed by atoms with Crippen molar-refractivity contribution in [3.63, 3.8) is 0 Å². The second kappa shape index (κ2) is 2.23. The van der Waals surface area contributed by atoms with Crippen LogP contribution in [0.2, 0.25) is 0 Å². The van der Waals surface area contributed by atoms with Crippen LogP contribution in [-0.4, -0.2) is 11.1 Å². The monoisotopic (exact) mass is 141 g/mol. The molecular weight excluding hydrogens is 122 g/mol. The summed E-state index contributed by atoms with van der Waals surface area (Å²) in [5.74, 6) is 0. The average molecular weight is 141 g/mol. The largest absolute Gasteiger partial charge is 0.173 e. The Hall–Kier alpha value is -0.0400. The van der Waals surface area contributed by atoms with Crippen molar-refractivity contribution in [1.82, 2.24) is 0 Å². The van der Waals surface area contributed by atoms with E-state index in [-0.39, 0.29) is 0 Å². The molecule has 1 heteroatoms. The first-order valence-corrected chi connectivity index (χ1v) is 4.21. The van der Waals surface area contributed by atoms with Crippen LogP contribution in [0.4, 0.5) is 0 Å². The molecule has 1 heterocycles. The minimum absolute atomic E-state index is 0.363. The van der Waals surface area contributed by atoms with E-state index in [0.717, 1.165) is 0 Å². The molecule has 0 saturated carbocycles. The van der Waals surface area contributed by atoms with Gasteiger partial charge in [-0.1, -0.05) is 0 Å². The molecule has 1 aliphatic heterocycles. The molecule has 0 aromatic carbocycles. The fourth-order valence-electron chi connectivity index (χ4n) is 2.01. The van der Waals surface area contributed by atoms with Gasteiger partial charge in [-0.25, -0.2) is 0 Å². The Labute approximate surface area is 64.2 Å². The number of piperidine rings is 1. The lowest BCUT2D eigenvalue weighted by Gasteiger charge is -2.33. The molecule has 1 radical (unpaired) electrons. The third-order valence-electron chi connectivity index (χ3n) is 2.28. The Morgan fingerprint density at radius 1 is 0.900 bits per heavy atom. The molecule has 0 amide bonds. The van der Waals surface area contributed by atoms with E-state index in [2.05, 4.69) is 33.0 Å². The summed E-state index contributed by atoms with van der Waals surface area (Å²) in [5, 5.41) is 3.63. The highest BCUT2D eigenvalue weighted by Gasteiger charge is 2.40. The minimum atomic E-state index is 0.363. The second-order valence-corrected chi connectivity index (χ2v) is 4.75. The first-order chi connectivity index (χ1) is 4.41. The zero-order chi connectivity index (χ0) is 7.83. The third kappa shape index (κ3) is 1.98. The van der Waals surface area contributed by atoms with Crippen molar-refractivity contribution in [3.8, 4) is 0 Å². The molecule has 1 nitrogen and oxygen atoms in total. The maximum atomic E-state index is 3.63. The molecule has 1 saturated heterocycles. The van der Waals surface area contributed by atoms with Crippen LogP contribution in [0.25, 0.3) is 0 Å². The maximum Gasteiger partial charge on any atom is 0.135 e. The van der Waals surface area contributed by atoms with Crippen LogP contribution in [0.15, 0.2) is 0 Å². The zero-order valence-electron chi connectivity index (χ0n) is 7.62. The predicted molar refractivity (Wildman–Crippen MR) is 43.0 cm³/mol. The van der Waals surface area contributed by atoms with Gasteiger partial charge in [0.15, 0.2) is 0 Å². The normalized spacial score (nSPS) is 30.0. The molecule has 0 aromatic heterocycles. The van der Waals surface area contributed by atoms with Crippen LogP contribution in [0.3, 0.4) is 0 Å². The molecule has 1 N–H and O–H groups in total. The molecule has 0 atom stereocenters. The van der Waals surface area contributed by atoms with Crippen molar-refractivity contribution in [2.24, 2.45) is 0 Å². The van der Waals surface area contributed by atoms with E-state index >= 15 is 0 Å². The highest BCUT2D eigenvalue weighted by atomic mass is 15.0. The highest BCUT2D eigenvalue weighted by molar-refractivity contribution is 4.77. The topological polar surface area (TPSA) is 15.6 Å². The predicted octanol–water partition coefficient (Wildman–Crippen LogP) is 1.08. The van der Waals surface area contributed by atoms with Gasteiger partial charge in [-0.15, -0.1) is 0 Å². The van der Waals surface area contributed by atoms with E-state index in [0.29, 0.717) is 11.1 Å². The minimum Gasteiger partial charge on any atom is -0.173 e. The van der Waals surface area contributed by atoms with E-state index in [9.17, 15) is 0 Å². The van der Waals surface area contributed by atoms with Crippen molar-refractivity contribution in [1.29, 1.82) is 0 Å². The van der Waals surface area contributed by atoms with E-state index in [1.54, 1.807) is 0 Å².